The number of nitrogens with one attached hydrogen (secondary N) is 1. The van der Waals surface area contributed by atoms with Crippen LogP contribution in [0.3, 0.4) is 0 Å². The van der Waals surface area contributed by atoms with Gasteiger partial charge in [-0.25, -0.2) is 0 Å². The second-order valence-electron chi connectivity index (χ2n) is 9.71. The number of unbranched alkanes of at least 4 members (excludes halogenated alkanes) is 5. The fourth-order valence-electron chi connectivity index (χ4n) is 5.50. The van der Waals surface area contributed by atoms with E-state index in [-0.39, 0.29) is 23.4 Å². The van der Waals surface area contributed by atoms with Crippen LogP contribution >= 0.6 is 0 Å². The number of aliphatic hydroxyl groups is 1. The lowest BCUT2D eigenvalue weighted by atomic mass is 9.63. The number of piperidine rings is 1. The molecule has 170 valence electrons. The van der Waals surface area contributed by atoms with Gasteiger partial charge in [-0.15, -0.1) is 0 Å². The molecule has 29 heavy (non-hydrogen) atoms. The van der Waals surface area contributed by atoms with Crippen molar-refractivity contribution in [2.24, 2.45) is 17.3 Å². The summed E-state index contributed by atoms with van der Waals surface area (Å²) in [6.07, 6.45) is 17.6. The fourth-order valence-corrected chi connectivity index (χ4v) is 5.50. The SMILES string of the molecule is CCCCCCCCC(CC)C(=O)OC1CNCCC12CCC(CCCO)CC2. The Bertz CT molecular complexity index is 445. The Balaban J connectivity index is 1.81. The van der Waals surface area contributed by atoms with E-state index in [1.807, 2.05) is 0 Å². The maximum absolute atomic E-state index is 13.0. The van der Waals surface area contributed by atoms with Crippen molar-refractivity contribution in [3.63, 3.8) is 0 Å². The molecule has 1 aliphatic carbocycles. The molecule has 0 radical (unpaired) electrons. The summed E-state index contributed by atoms with van der Waals surface area (Å²) in [6, 6.07) is 0. The minimum absolute atomic E-state index is 0.0427. The number of rotatable bonds is 13. The highest BCUT2D eigenvalue weighted by atomic mass is 16.5. The highest BCUT2D eigenvalue weighted by Crippen LogP contribution is 2.47. The zero-order valence-electron chi connectivity index (χ0n) is 19.2. The van der Waals surface area contributed by atoms with Gasteiger partial charge < -0.3 is 15.2 Å². The second kappa shape index (κ2) is 13.6. The van der Waals surface area contributed by atoms with Gasteiger partial charge in [-0.2, -0.15) is 0 Å². The van der Waals surface area contributed by atoms with Crippen molar-refractivity contribution in [2.45, 2.75) is 116 Å². The standard InChI is InChI=1S/C25H47NO3/c1-3-5-6-7-8-9-12-22(4-2)24(28)29-23-20-26-18-17-25(23)15-13-21(14-16-25)11-10-19-27/h21-23,26-27H,3-20H2,1-2H3. The maximum atomic E-state index is 13.0. The van der Waals surface area contributed by atoms with Crippen LogP contribution in [0.25, 0.3) is 0 Å². The van der Waals surface area contributed by atoms with Crippen LogP contribution in [-0.4, -0.2) is 36.9 Å². The smallest absolute Gasteiger partial charge is 0.309 e. The van der Waals surface area contributed by atoms with E-state index in [0.29, 0.717) is 6.61 Å². The number of carbonyl (C=O) groups is 1. The van der Waals surface area contributed by atoms with Crippen LogP contribution < -0.4 is 5.32 Å². The summed E-state index contributed by atoms with van der Waals surface area (Å²) in [6.45, 7) is 6.55. The molecule has 1 heterocycles. The van der Waals surface area contributed by atoms with Crippen LogP contribution in [0, 0.1) is 17.3 Å². The van der Waals surface area contributed by atoms with Crippen LogP contribution in [0.4, 0.5) is 0 Å². The van der Waals surface area contributed by atoms with Crippen molar-refractivity contribution < 1.29 is 14.6 Å². The highest BCUT2D eigenvalue weighted by molar-refractivity contribution is 5.72. The molecule has 4 nitrogen and oxygen atoms in total. The summed E-state index contributed by atoms with van der Waals surface area (Å²) in [7, 11) is 0. The Labute approximate surface area is 179 Å². The molecular formula is C25H47NO3. The Morgan fingerprint density at radius 3 is 2.48 bits per heavy atom. The van der Waals surface area contributed by atoms with Crippen LogP contribution in [-0.2, 0) is 9.53 Å². The van der Waals surface area contributed by atoms with Crippen molar-refractivity contribution in [3.8, 4) is 0 Å². The first-order valence-corrected chi connectivity index (χ1v) is 12.7. The van der Waals surface area contributed by atoms with Crippen LogP contribution in [0.2, 0.25) is 0 Å². The van der Waals surface area contributed by atoms with E-state index in [0.717, 1.165) is 57.5 Å². The van der Waals surface area contributed by atoms with Gasteiger partial charge in [-0.1, -0.05) is 52.4 Å². The number of ether oxygens (including phenoxy) is 1. The third-order valence-electron chi connectivity index (χ3n) is 7.67. The van der Waals surface area contributed by atoms with Gasteiger partial charge in [0.2, 0.25) is 0 Å². The molecule has 1 aliphatic heterocycles. The summed E-state index contributed by atoms with van der Waals surface area (Å²) in [5.74, 6) is 0.868. The van der Waals surface area contributed by atoms with Gasteiger partial charge in [-0.05, 0) is 70.3 Å². The maximum Gasteiger partial charge on any atom is 0.309 e. The minimum atomic E-state index is 0.0427. The molecule has 4 heteroatoms. The van der Waals surface area contributed by atoms with Crippen molar-refractivity contribution >= 4 is 5.97 Å². The number of hydrogen-bond acceptors (Lipinski definition) is 4. The molecule has 2 unspecified atom stereocenters. The van der Waals surface area contributed by atoms with Crippen molar-refractivity contribution in [3.05, 3.63) is 0 Å². The molecule has 2 fully saturated rings. The van der Waals surface area contributed by atoms with Crippen molar-refractivity contribution in [1.29, 1.82) is 0 Å². The monoisotopic (exact) mass is 409 g/mol. The van der Waals surface area contributed by atoms with Crippen molar-refractivity contribution in [2.75, 3.05) is 19.7 Å². The molecular weight excluding hydrogens is 362 g/mol. The van der Waals surface area contributed by atoms with E-state index in [9.17, 15) is 4.79 Å². The largest absolute Gasteiger partial charge is 0.460 e. The fraction of sp³-hybridized carbons (Fsp3) is 0.960. The van der Waals surface area contributed by atoms with E-state index in [2.05, 4.69) is 19.2 Å². The van der Waals surface area contributed by atoms with E-state index in [4.69, 9.17) is 9.84 Å². The highest BCUT2D eigenvalue weighted by Gasteiger charge is 2.45. The topological polar surface area (TPSA) is 58.6 Å². The van der Waals surface area contributed by atoms with E-state index in [1.54, 1.807) is 0 Å². The number of aliphatic hydroxyl groups excluding tert-OH is 1. The van der Waals surface area contributed by atoms with Gasteiger partial charge in [-0.3, -0.25) is 4.79 Å². The van der Waals surface area contributed by atoms with Gasteiger partial charge in [0, 0.05) is 18.6 Å². The van der Waals surface area contributed by atoms with E-state index >= 15 is 0 Å². The summed E-state index contributed by atoms with van der Waals surface area (Å²) < 4.78 is 6.21. The van der Waals surface area contributed by atoms with E-state index < -0.39 is 0 Å². The molecule has 2 aliphatic rings. The molecule has 0 aromatic heterocycles. The third-order valence-corrected chi connectivity index (χ3v) is 7.67. The molecule has 0 aromatic carbocycles. The molecule has 2 N–H and O–H groups in total. The van der Waals surface area contributed by atoms with Crippen LogP contribution in [0.15, 0.2) is 0 Å². The Morgan fingerprint density at radius 2 is 1.79 bits per heavy atom. The number of hydrogen-bond donors (Lipinski definition) is 2. The number of esters is 1. The molecule has 1 saturated heterocycles. The summed E-state index contributed by atoms with van der Waals surface area (Å²) in [5, 5.41) is 12.6. The lowest BCUT2D eigenvalue weighted by molar-refractivity contribution is -0.166. The van der Waals surface area contributed by atoms with Crippen LogP contribution in [0.1, 0.15) is 110 Å². The predicted molar refractivity (Wildman–Crippen MR) is 120 cm³/mol. The molecule has 2 atom stereocenters. The van der Waals surface area contributed by atoms with E-state index in [1.165, 1.54) is 57.8 Å². The Hall–Kier alpha value is -0.610. The quantitative estimate of drug-likeness (QED) is 0.306. The second-order valence-corrected chi connectivity index (χ2v) is 9.71. The summed E-state index contributed by atoms with van der Waals surface area (Å²) >= 11 is 0. The lowest BCUT2D eigenvalue weighted by Crippen LogP contribution is -2.53. The van der Waals surface area contributed by atoms with Crippen LogP contribution in [0.5, 0.6) is 0 Å². The van der Waals surface area contributed by atoms with Gasteiger partial charge in [0.1, 0.15) is 6.10 Å². The Morgan fingerprint density at radius 1 is 1.07 bits per heavy atom. The first kappa shape index (κ1) is 24.7. The van der Waals surface area contributed by atoms with Gasteiger partial charge in [0.15, 0.2) is 0 Å². The average Bonchev–Trinajstić information content (AvgIpc) is 2.74. The van der Waals surface area contributed by atoms with Crippen molar-refractivity contribution in [1.82, 2.24) is 5.32 Å². The zero-order valence-corrected chi connectivity index (χ0v) is 19.2. The molecule has 1 saturated carbocycles. The van der Waals surface area contributed by atoms with Gasteiger partial charge >= 0.3 is 5.97 Å². The first-order chi connectivity index (χ1) is 14.1. The number of carbonyl (C=O) groups excluding carboxylic acids is 1. The Kier molecular flexibility index (Phi) is 11.6. The third kappa shape index (κ3) is 7.86. The minimum Gasteiger partial charge on any atom is -0.460 e. The first-order valence-electron chi connectivity index (χ1n) is 12.7. The average molecular weight is 410 g/mol. The molecule has 0 amide bonds. The zero-order chi connectivity index (χ0) is 21.0. The predicted octanol–water partition coefficient (Wildman–Crippen LogP) is 5.62. The molecule has 2 rings (SSSR count). The normalized spacial score (nSPS) is 28.4. The van der Waals surface area contributed by atoms with Gasteiger partial charge in [0.25, 0.3) is 0 Å². The summed E-state index contributed by atoms with van der Waals surface area (Å²) in [4.78, 5) is 13.0. The molecule has 0 aromatic rings. The van der Waals surface area contributed by atoms with Gasteiger partial charge in [0.05, 0.1) is 5.92 Å². The molecule has 1 spiro atoms. The molecule has 0 bridgehead atoms. The lowest BCUT2D eigenvalue weighted by Gasteiger charge is -2.48. The summed E-state index contributed by atoms with van der Waals surface area (Å²) in [5.41, 5.74) is 0.190.